The van der Waals surface area contributed by atoms with Gasteiger partial charge in [-0.05, 0) is 37.8 Å². The molecule has 2 aliphatic rings. The summed E-state index contributed by atoms with van der Waals surface area (Å²) in [5.74, 6) is 0.361. The monoisotopic (exact) mass is 374 g/mol. The van der Waals surface area contributed by atoms with Gasteiger partial charge in [-0.15, -0.1) is 0 Å². The predicted octanol–water partition coefficient (Wildman–Crippen LogP) is 4.99. The van der Waals surface area contributed by atoms with Gasteiger partial charge >= 0.3 is 0 Å². The van der Waals surface area contributed by atoms with E-state index in [1.165, 1.54) is 24.9 Å². The predicted molar refractivity (Wildman–Crippen MR) is 112 cm³/mol. The van der Waals surface area contributed by atoms with E-state index in [-0.39, 0.29) is 11.7 Å². The molecule has 0 atom stereocenters. The Hall–Kier alpha value is -2.69. The molecule has 1 aromatic carbocycles. The van der Waals surface area contributed by atoms with Crippen LogP contribution in [-0.4, -0.2) is 33.8 Å². The van der Waals surface area contributed by atoms with Crippen LogP contribution in [0.15, 0.2) is 36.7 Å². The molecule has 0 spiro atoms. The SMILES string of the molecule is O=C(c1c[nH]c2ncc(-c3cccc(N4CCCC4)c3)nc12)C1CCCCC1. The van der Waals surface area contributed by atoms with Gasteiger partial charge in [-0.3, -0.25) is 4.79 Å². The van der Waals surface area contributed by atoms with Crippen molar-refractivity contribution in [1.29, 1.82) is 0 Å². The third-order valence-corrected chi connectivity index (χ3v) is 6.24. The molecule has 3 aromatic rings. The first kappa shape index (κ1) is 17.4. The molecule has 1 aliphatic carbocycles. The number of aromatic nitrogens is 3. The van der Waals surface area contributed by atoms with Gasteiger partial charge in [-0.25, -0.2) is 9.97 Å². The Bertz CT molecular complexity index is 997. The molecule has 144 valence electrons. The highest BCUT2D eigenvalue weighted by Gasteiger charge is 2.25. The molecule has 0 unspecified atom stereocenters. The zero-order chi connectivity index (χ0) is 18.9. The van der Waals surface area contributed by atoms with Gasteiger partial charge in [0.15, 0.2) is 11.4 Å². The van der Waals surface area contributed by atoms with Crippen LogP contribution in [-0.2, 0) is 0 Å². The summed E-state index contributed by atoms with van der Waals surface area (Å²) in [4.78, 5) is 28.0. The second kappa shape index (κ2) is 7.38. The van der Waals surface area contributed by atoms with Crippen molar-refractivity contribution in [1.82, 2.24) is 15.0 Å². The normalized spacial score (nSPS) is 18.1. The van der Waals surface area contributed by atoms with Gasteiger partial charge in [0.25, 0.3) is 0 Å². The van der Waals surface area contributed by atoms with E-state index < -0.39 is 0 Å². The third-order valence-electron chi connectivity index (χ3n) is 6.24. The van der Waals surface area contributed by atoms with E-state index in [0.717, 1.165) is 50.0 Å². The molecule has 3 heterocycles. The van der Waals surface area contributed by atoms with Crippen molar-refractivity contribution in [3.8, 4) is 11.3 Å². The maximum atomic E-state index is 13.1. The number of hydrogen-bond donors (Lipinski definition) is 1. The van der Waals surface area contributed by atoms with Crippen LogP contribution in [0.2, 0.25) is 0 Å². The molecule has 0 amide bonds. The van der Waals surface area contributed by atoms with Gasteiger partial charge in [0, 0.05) is 36.5 Å². The number of Topliss-reactive ketones (excluding diaryl/α,β-unsaturated/α-hetero) is 1. The Morgan fingerprint density at radius 2 is 1.89 bits per heavy atom. The summed E-state index contributed by atoms with van der Waals surface area (Å²) in [7, 11) is 0. The molecule has 0 bridgehead atoms. The smallest absolute Gasteiger partial charge is 0.169 e. The molecule has 2 fully saturated rings. The van der Waals surface area contributed by atoms with E-state index in [0.29, 0.717) is 16.7 Å². The van der Waals surface area contributed by atoms with Gasteiger partial charge in [0.2, 0.25) is 0 Å². The van der Waals surface area contributed by atoms with Crippen LogP contribution in [0.3, 0.4) is 0 Å². The highest BCUT2D eigenvalue weighted by molar-refractivity contribution is 6.07. The average molecular weight is 374 g/mol. The van der Waals surface area contributed by atoms with E-state index in [4.69, 9.17) is 4.98 Å². The maximum Gasteiger partial charge on any atom is 0.169 e. The first-order valence-corrected chi connectivity index (χ1v) is 10.5. The number of H-pyrrole nitrogens is 1. The highest BCUT2D eigenvalue weighted by atomic mass is 16.1. The lowest BCUT2D eigenvalue weighted by atomic mass is 9.84. The molecular weight excluding hydrogens is 348 g/mol. The molecule has 2 aromatic heterocycles. The first-order chi connectivity index (χ1) is 13.8. The molecule has 1 saturated carbocycles. The Balaban J connectivity index is 1.49. The molecule has 1 N–H and O–H groups in total. The summed E-state index contributed by atoms with van der Waals surface area (Å²) < 4.78 is 0. The van der Waals surface area contributed by atoms with Crippen molar-refractivity contribution >= 4 is 22.6 Å². The van der Waals surface area contributed by atoms with Gasteiger partial charge < -0.3 is 9.88 Å². The van der Waals surface area contributed by atoms with Crippen molar-refractivity contribution in [3.63, 3.8) is 0 Å². The van der Waals surface area contributed by atoms with Gasteiger partial charge in [-0.1, -0.05) is 31.4 Å². The van der Waals surface area contributed by atoms with E-state index in [9.17, 15) is 4.79 Å². The molecule has 5 rings (SSSR count). The number of anilines is 1. The molecule has 28 heavy (non-hydrogen) atoms. The fraction of sp³-hybridized carbons (Fsp3) is 0.435. The molecule has 0 radical (unpaired) electrons. The van der Waals surface area contributed by atoms with Crippen molar-refractivity contribution in [3.05, 3.63) is 42.2 Å². The Kier molecular flexibility index (Phi) is 4.59. The number of carbonyl (C=O) groups is 1. The third kappa shape index (κ3) is 3.19. The molecule has 1 aliphatic heterocycles. The van der Waals surface area contributed by atoms with Crippen molar-refractivity contribution in [2.24, 2.45) is 5.92 Å². The fourth-order valence-corrected chi connectivity index (χ4v) is 4.64. The number of nitrogens with zero attached hydrogens (tertiary/aromatic N) is 3. The summed E-state index contributed by atoms with van der Waals surface area (Å²) in [5, 5.41) is 0. The minimum absolute atomic E-state index is 0.136. The highest BCUT2D eigenvalue weighted by Crippen LogP contribution is 2.30. The summed E-state index contributed by atoms with van der Waals surface area (Å²) in [6, 6.07) is 8.51. The van der Waals surface area contributed by atoms with Gasteiger partial charge in [-0.2, -0.15) is 0 Å². The number of hydrogen-bond acceptors (Lipinski definition) is 4. The number of fused-ring (bicyclic) bond motifs is 1. The van der Waals surface area contributed by atoms with Crippen LogP contribution >= 0.6 is 0 Å². The minimum atomic E-state index is 0.136. The van der Waals surface area contributed by atoms with Crippen LogP contribution in [0, 0.1) is 5.92 Å². The zero-order valence-electron chi connectivity index (χ0n) is 16.2. The van der Waals surface area contributed by atoms with Gasteiger partial charge in [0.1, 0.15) is 5.52 Å². The second-order valence-electron chi connectivity index (χ2n) is 8.10. The Labute approximate surface area is 165 Å². The van der Waals surface area contributed by atoms with Gasteiger partial charge in [0.05, 0.1) is 17.5 Å². The number of ketones is 1. The second-order valence-corrected chi connectivity index (χ2v) is 8.10. The Morgan fingerprint density at radius 1 is 1.07 bits per heavy atom. The minimum Gasteiger partial charge on any atom is -0.372 e. The van der Waals surface area contributed by atoms with Crippen LogP contribution in [0.5, 0.6) is 0 Å². The van der Waals surface area contributed by atoms with E-state index in [1.54, 1.807) is 12.4 Å². The van der Waals surface area contributed by atoms with Crippen molar-refractivity contribution in [2.45, 2.75) is 44.9 Å². The van der Waals surface area contributed by atoms with Crippen LogP contribution in [0.1, 0.15) is 55.3 Å². The number of rotatable bonds is 4. The lowest BCUT2D eigenvalue weighted by Crippen LogP contribution is -2.17. The van der Waals surface area contributed by atoms with Crippen LogP contribution < -0.4 is 4.90 Å². The Morgan fingerprint density at radius 3 is 2.71 bits per heavy atom. The van der Waals surface area contributed by atoms with Crippen molar-refractivity contribution < 1.29 is 4.79 Å². The zero-order valence-corrected chi connectivity index (χ0v) is 16.2. The summed E-state index contributed by atoms with van der Waals surface area (Å²) in [6.07, 6.45) is 11.7. The molecular formula is C23H26N4O. The number of benzene rings is 1. The number of carbonyl (C=O) groups excluding carboxylic acids is 1. The standard InChI is InChI=1S/C23H26N4O/c28-22(16-7-2-1-3-8-16)19-14-24-23-21(19)26-20(15-25-23)17-9-6-10-18(13-17)27-11-4-5-12-27/h6,9-10,13-16H,1-5,7-8,11-12H2,(H,24,25). The van der Waals surface area contributed by atoms with E-state index in [1.807, 2.05) is 0 Å². The lowest BCUT2D eigenvalue weighted by Gasteiger charge is -2.19. The number of aromatic amines is 1. The fourth-order valence-electron chi connectivity index (χ4n) is 4.64. The largest absolute Gasteiger partial charge is 0.372 e. The summed E-state index contributed by atoms with van der Waals surface area (Å²) in [6.45, 7) is 2.23. The van der Waals surface area contributed by atoms with E-state index >= 15 is 0 Å². The molecule has 5 nitrogen and oxygen atoms in total. The quantitative estimate of drug-likeness (QED) is 0.654. The van der Waals surface area contributed by atoms with Crippen LogP contribution in [0.4, 0.5) is 5.69 Å². The molecule has 5 heteroatoms. The van der Waals surface area contributed by atoms with E-state index in [2.05, 4.69) is 39.1 Å². The lowest BCUT2D eigenvalue weighted by molar-refractivity contribution is 0.0891. The van der Waals surface area contributed by atoms with Crippen molar-refractivity contribution in [2.75, 3.05) is 18.0 Å². The van der Waals surface area contributed by atoms with Crippen LogP contribution in [0.25, 0.3) is 22.4 Å². The summed E-state index contributed by atoms with van der Waals surface area (Å²) >= 11 is 0. The maximum absolute atomic E-state index is 13.1. The average Bonchev–Trinajstić information content (AvgIpc) is 3.44. The molecule has 1 saturated heterocycles. The first-order valence-electron chi connectivity index (χ1n) is 10.5. The topological polar surface area (TPSA) is 61.9 Å². The number of nitrogens with one attached hydrogen (secondary N) is 1. The summed E-state index contributed by atoms with van der Waals surface area (Å²) in [5.41, 5.74) is 5.22.